The van der Waals surface area contributed by atoms with Gasteiger partial charge in [-0.25, -0.2) is 0 Å². The van der Waals surface area contributed by atoms with Crippen LogP contribution >= 0.6 is 0 Å². The normalized spacial score (nSPS) is 19.8. The molecule has 1 aliphatic rings. The van der Waals surface area contributed by atoms with Gasteiger partial charge in [0.1, 0.15) is 5.75 Å². The van der Waals surface area contributed by atoms with E-state index in [-0.39, 0.29) is 0 Å². The van der Waals surface area contributed by atoms with Gasteiger partial charge in [-0.2, -0.15) is 0 Å². The van der Waals surface area contributed by atoms with Gasteiger partial charge in [0.2, 0.25) is 0 Å². The van der Waals surface area contributed by atoms with Gasteiger partial charge in [0.15, 0.2) is 0 Å². The fraction of sp³-hybridized carbons (Fsp3) is 0.583. The average Bonchev–Trinajstić information content (AvgIpc) is 2.66. The molecule has 144 valence electrons. The largest absolute Gasteiger partial charge is 0.507 e. The third-order valence-electron chi connectivity index (χ3n) is 5.56. The lowest BCUT2D eigenvalue weighted by atomic mass is 9.83. The van der Waals surface area contributed by atoms with Crippen LogP contribution in [0.25, 0.3) is 10.8 Å². The number of aromatic hydroxyl groups is 1. The molecule has 0 spiro atoms. The lowest BCUT2D eigenvalue weighted by Crippen LogP contribution is -2.27. The second kappa shape index (κ2) is 12.0. The first-order chi connectivity index (χ1) is 12.7. The predicted molar refractivity (Wildman–Crippen MR) is 114 cm³/mol. The Hall–Kier alpha value is -1.54. The van der Waals surface area contributed by atoms with Gasteiger partial charge in [-0.1, -0.05) is 101 Å². The molecule has 2 atom stereocenters. The highest BCUT2D eigenvalue weighted by atomic mass is 16.3. The molecule has 1 saturated carbocycles. The molecular weight excluding hydrogens is 318 g/mol. The summed E-state index contributed by atoms with van der Waals surface area (Å²) < 4.78 is 0. The minimum absolute atomic E-state index is 0.350. The Morgan fingerprint density at radius 3 is 2.42 bits per heavy atom. The van der Waals surface area contributed by atoms with Crippen molar-refractivity contribution in [2.24, 2.45) is 11.7 Å². The molecule has 2 nitrogen and oxygen atoms in total. The number of unbranched alkanes of at least 4 members (excludes halogenated alkanes) is 5. The van der Waals surface area contributed by atoms with Crippen molar-refractivity contribution in [2.75, 3.05) is 0 Å². The SMILES string of the molecule is CCCCCCCCC1CCCC(N)C1.Oc1cccc2ccccc12. The fourth-order valence-electron chi connectivity index (χ4n) is 4.02. The zero-order chi connectivity index (χ0) is 18.6. The van der Waals surface area contributed by atoms with E-state index < -0.39 is 0 Å². The third kappa shape index (κ3) is 7.37. The topological polar surface area (TPSA) is 46.2 Å². The van der Waals surface area contributed by atoms with Crippen LogP contribution < -0.4 is 5.73 Å². The van der Waals surface area contributed by atoms with Gasteiger partial charge in [0, 0.05) is 11.4 Å². The van der Waals surface area contributed by atoms with Gasteiger partial charge < -0.3 is 10.8 Å². The van der Waals surface area contributed by atoms with Crippen LogP contribution in [0.1, 0.15) is 77.6 Å². The van der Waals surface area contributed by atoms with E-state index in [0.717, 1.165) is 16.7 Å². The quantitative estimate of drug-likeness (QED) is 0.536. The number of hydrogen-bond donors (Lipinski definition) is 2. The second-order valence-electron chi connectivity index (χ2n) is 7.85. The van der Waals surface area contributed by atoms with Crippen molar-refractivity contribution < 1.29 is 5.11 Å². The minimum Gasteiger partial charge on any atom is -0.507 e. The molecule has 2 aromatic rings. The highest BCUT2D eigenvalue weighted by Gasteiger charge is 2.18. The van der Waals surface area contributed by atoms with Crippen LogP contribution in [0.15, 0.2) is 42.5 Å². The van der Waals surface area contributed by atoms with Crippen molar-refractivity contribution in [1.29, 1.82) is 0 Å². The van der Waals surface area contributed by atoms with Crippen molar-refractivity contribution in [3.63, 3.8) is 0 Å². The molecule has 2 heteroatoms. The maximum absolute atomic E-state index is 9.37. The van der Waals surface area contributed by atoms with E-state index in [9.17, 15) is 5.11 Å². The Morgan fingerprint density at radius 1 is 0.923 bits per heavy atom. The maximum atomic E-state index is 9.37. The average molecular weight is 356 g/mol. The van der Waals surface area contributed by atoms with Crippen LogP contribution in [0, 0.1) is 5.92 Å². The maximum Gasteiger partial charge on any atom is 0.123 e. The summed E-state index contributed by atoms with van der Waals surface area (Å²) in [6.45, 7) is 2.28. The molecule has 1 fully saturated rings. The Labute approximate surface area is 159 Å². The highest BCUT2D eigenvalue weighted by molar-refractivity contribution is 5.87. The Bertz CT molecular complexity index is 619. The first-order valence-corrected chi connectivity index (χ1v) is 10.6. The smallest absolute Gasteiger partial charge is 0.123 e. The van der Waals surface area contributed by atoms with Crippen molar-refractivity contribution >= 4 is 10.8 Å². The van der Waals surface area contributed by atoms with E-state index in [2.05, 4.69) is 6.92 Å². The van der Waals surface area contributed by atoms with E-state index in [1.807, 2.05) is 36.4 Å². The van der Waals surface area contributed by atoms with Gasteiger partial charge in [0.05, 0.1) is 0 Å². The Balaban J connectivity index is 0.000000195. The lowest BCUT2D eigenvalue weighted by Gasteiger charge is -2.26. The minimum atomic E-state index is 0.350. The van der Waals surface area contributed by atoms with Gasteiger partial charge in [0.25, 0.3) is 0 Å². The summed E-state index contributed by atoms with van der Waals surface area (Å²) in [5.41, 5.74) is 6.00. The molecule has 0 amide bonds. The summed E-state index contributed by atoms with van der Waals surface area (Å²) in [6, 6.07) is 13.8. The van der Waals surface area contributed by atoms with Crippen molar-refractivity contribution in [3.05, 3.63) is 42.5 Å². The van der Waals surface area contributed by atoms with E-state index in [1.165, 1.54) is 70.6 Å². The lowest BCUT2D eigenvalue weighted by molar-refractivity contribution is 0.298. The van der Waals surface area contributed by atoms with Crippen LogP contribution in [0.5, 0.6) is 5.75 Å². The van der Waals surface area contributed by atoms with E-state index >= 15 is 0 Å². The molecule has 0 radical (unpaired) electrons. The number of phenolic OH excluding ortho intramolecular Hbond substituents is 1. The van der Waals surface area contributed by atoms with Gasteiger partial charge in [-0.15, -0.1) is 0 Å². The number of benzene rings is 2. The van der Waals surface area contributed by atoms with Crippen molar-refractivity contribution in [3.8, 4) is 5.75 Å². The van der Waals surface area contributed by atoms with E-state index in [0.29, 0.717) is 11.8 Å². The summed E-state index contributed by atoms with van der Waals surface area (Å²) in [4.78, 5) is 0. The van der Waals surface area contributed by atoms with Crippen LogP contribution in [-0.4, -0.2) is 11.1 Å². The molecule has 2 aromatic carbocycles. The van der Waals surface area contributed by atoms with Crippen LogP contribution in [0.2, 0.25) is 0 Å². The molecule has 3 rings (SSSR count). The predicted octanol–water partition coefficient (Wildman–Crippen LogP) is 6.80. The number of rotatable bonds is 7. The third-order valence-corrected chi connectivity index (χ3v) is 5.56. The molecule has 3 N–H and O–H groups in total. The molecule has 0 saturated heterocycles. The van der Waals surface area contributed by atoms with E-state index in [4.69, 9.17) is 5.73 Å². The van der Waals surface area contributed by atoms with Crippen LogP contribution in [0.4, 0.5) is 0 Å². The molecule has 0 heterocycles. The summed E-state index contributed by atoms with van der Waals surface area (Å²) in [7, 11) is 0. The van der Waals surface area contributed by atoms with Gasteiger partial charge in [-0.3, -0.25) is 0 Å². The molecule has 0 bridgehead atoms. The standard InChI is InChI=1S/C14H29N.C10H8O/c1-2-3-4-5-6-7-9-13-10-8-11-14(15)12-13;11-10-7-3-5-8-4-1-2-6-9(8)10/h13-14H,2-12,15H2,1H3;1-7,11H. The van der Waals surface area contributed by atoms with E-state index in [1.54, 1.807) is 6.07 Å². The zero-order valence-electron chi connectivity index (χ0n) is 16.5. The summed E-state index contributed by atoms with van der Waals surface area (Å²) in [5, 5.41) is 11.4. The number of phenols is 1. The molecule has 0 aromatic heterocycles. The number of fused-ring (bicyclic) bond motifs is 1. The first kappa shape index (κ1) is 20.8. The van der Waals surface area contributed by atoms with Crippen molar-refractivity contribution in [2.45, 2.75) is 83.6 Å². The van der Waals surface area contributed by atoms with Crippen molar-refractivity contribution in [1.82, 2.24) is 0 Å². The van der Waals surface area contributed by atoms with Crippen LogP contribution in [0.3, 0.4) is 0 Å². The first-order valence-electron chi connectivity index (χ1n) is 10.6. The van der Waals surface area contributed by atoms with Gasteiger partial charge in [-0.05, 0) is 30.2 Å². The molecular formula is C24H37NO. The molecule has 1 aliphatic carbocycles. The summed E-state index contributed by atoms with van der Waals surface area (Å²) >= 11 is 0. The molecule has 2 unspecified atom stereocenters. The van der Waals surface area contributed by atoms with Crippen LogP contribution in [-0.2, 0) is 0 Å². The van der Waals surface area contributed by atoms with Gasteiger partial charge >= 0.3 is 0 Å². The second-order valence-corrected chi connectivity index (χ2v) is 7.85. The summed E-state index contributed by atoms with van der Waals surface area (Å²) in [5.74, 6) is 1.31. The highest BCUT2D eigenvalue weighted by Crippen LogP contribution is 2.27. The number of hydrogen-bond acceptors (Lipinski definition) is 2. The summed E-state index contributed by atoms with van der Waals surface area (Å²) in [6.07, 6.45) is 15.4. The monoisotopic (exact) mass is 355 g/mol. The Kier molecular flexibility index (Phi) is 9.55. The molecule has 26 heavy (non-hydrogen) atoms. The fourth-order valence-corrected chi connectivity index (χ4v) is 4.02. The zero-order valence-corrected chi connectivity index (χ0v) is 16.5. The number of nitrogens with two attached hydrogens (primary N) is 1. The Morgan fingerprint density at radius 2 is 1.65 bits per heavy atom. The molecule has 0 aliphatic heterocycles.